The van der Waals surface area contributed by atoms with Crippen molar-refractivity contribution < 1.29 is 9.13 Å². The predicted molar refractivity (Wildman–Crippen MR) is 74.3 cm³/mol. The Kier molecular flexibility index (Phi) is 4.25. The molecule has 0 bridgehead atoms. The van der Waals surface area contributed by atoms with E-state index in [2.05, 4.69) is 13.0 Å². The fourth-order valence-electron chi connectivity index (χ4n) is 1.91. The van der Waals surface area contributed by atoms with Crippen LogP contribution < -0.4 is 4.74 Å². The van der Waals surface area contributed by atoms with Crippen LogP contribution in [-0.2, 0) is 6.42 Å². The molecule has 0 saturated carbocycles. The smallest absolute Gasteiger partial charge is 0.124 e. The number of thiophene rings is 1. The van der Waals surface area contributed by atoms with Crippen molar-refractivity contribution in [3.05, 3.63) is 51.5 Å². The van der Waals surface area contributed by atoms with Crippen molar-refractivity contribution in [1.29, 1.82) is 0 Å². The quantitative estimate of drug-likeness (QED) is 0.734. The third kappa shape index (κ3) is 2.52. The van der Waals surface area contributed by atoms with E-state index in [0.717, 1.165) is 11.3 Å². The Morgan fingerprint density at radius 2 is 2.17 bits per heavy atom. The Hall–Kier alpha value is -1.06. The van der Waals surface area contributed by atoms with Crippen molar-refractivity contribution >= 4 is 22.9 Å². The fourth-order valence-corrected chi connectivity index (χ4v) is 3.36. The van der Waals surface area contributed by atoms with E-state index in [1.807, 2.05) is 5.38 Å². The van der Waals surface area contributed by atoms with Gasteiger partial charge in [-0.25, -0.2) is 4.39 Å². The number of ether oxygens (including phenoxy) is 1. The number of benzene rings is 1. The summed E-state index contributed by atoms with van der Waals surface area (Å²) in [6.45, 7) is 2.08. The van der Waals surface area contributed by atoms with Gasteiger partial charge >= 0.3 is 0 Å². The van der Waals surface area contributed by atoms with Gasteiger partial charge in [-0.3, -0.25) is 0 Å². The maximum absolute atomic E-state index is 13.4. The first-order valence-electron chi connectivity index (χ1n) is 5.71. The number of rotatable bonds is 4. The van der Waals surface area contributed by atoms with Gasteiger partial charge in [-0.05, 0) is 41.6 Å². The molecule has 2 rings (SSSR count). The normalized spacial score (nSPS) is 12.4. The van der Waals surface area contributed by atoms with E-state index in [-0.39, 0.29) is 11.2 Å². The van der Waals surface area contributed by atoms with Gasteiger partial charge < -0.3 is 4.74 Å². The molecule has 0 saturated heterocycles. The molecule has 0 fully saturated rings. The molecule has 0 spiro atoms. The number of alkyl halides is 1. The third-order valence-electron chi connectivity index (χ3n) is 2.86. The molecule has 0 N–H and O–H groups in total. The van der Waals surface area contributed by atoms with Crippen LogP contribution in [0.2, 0.25) is 0 Å². The SMILES string of the molecule is CCc1ccsc1C(Cl)c1cc(F)ccc1OC. The van der Waals surface area contributed by atoms with Gasteiger partial charge in [-0.15, -0.1) is 22.9 Å². The summed E-state index contributed by atoms with van der Waals surface area (Å²) in [7, 11) is 1.56. The number of hydrogen-bond donors (Lipinski definition) is 0. The van der Waals surface area contributed by atoms with Crippen LogP contribution in [0.5, 0.6) is 5.75 Å². The Bertz CT molecular complexity index is 538. The molecule has 18 heavy (non-hydrogen) atoms. The van der Waals surface area contributed by atoms with E-state index < -0.39 is 0 Å². The zero-order valence-electron chi connectivity index (χ0n) is 10.2. The van der Waals surface area contributed by atoms with E-state index in [1.54, 1.807) is 24.5 Å². The summed E-state index contributed by atoms with van der Waals surface area (Å²) in [5, 5.41) is 1.64. The zero-order chi connectivity index (χ0) is 13.1. The summed E-state index contributed by atoms with van der Waals surface area (Å²) in [4.78, 5) is 1.06. The summed E-state index contributed by atoms with van der Waals surface area (Å²) in [5.41, 5.74) is 1.88. The lowest BCUT2D eigenvalue weighted by molar-refractivity contribution is 0.409. The van der Waals surface area contributed by atoms with Crippen LogP contribution in [0.3, 0.4) is 0 Å². The van der Waals surface area contributed by atoms with Crippen molar-refractivity contribution in [2.24, 2.45) is 0 Å². The van der Waals surface area contributed by atoms with Gasteiger partial charge in [0.2, 0.25) is 0 Å². The summed E-state index contributed by atoms with van der Waals surface area (Å²) >= 11 is 8.07. The highest BCUT2D eigenvalue weighted by atomic mass is 35.5. The predicted octanol–water partition coefficient (Wildman–Crippen LogP) is 4.79. The largest absolute Gasteiger partial charge is 0.496 e. The standard InChI is InChI=1S/C14H14ClFOS/c1-3-9-6-7-18-14(9)13(15)11-8-10(16)4-5-12(11)17-2/h4-8,13H,3H2,1-2H3. The van der Waals surface area contributed by atoms with Gasteiger partial charge in [0.1, 0.15) is 11.6 Å². The van der Waals surface area contributed by atoms with Crippen molar-refractivity contribution in [1.82, 2.24) is 0 Å². The third-order valence-corrected chi connectivity index (χ3v) is 4.46. The van der Waals surface area contributed by atoms with E-state index in [4.69, 9.17) is 16.3 Å². The highest BCUT2D eigenvalue weighted by molar-refractivity contribution is 7.10. The molecule has 1 aromatic carbocycles. The van der Waals surface area contributed by atoms with Crippen LogP contribution in [-0.4, -0.2) is 7.11 Å². The minimum absolute atomic E-state index is 0.300. The van der Waals surface area contributed by atoms with Gasteiger partial charge in [-0.2, -0.15) is 0 Å². The van der Waals surface area contributed by atoms with E-state index in [9.17, 15) is 4.39 Å². The van der Waals surface area contributed by atoms with Gasteiger partial charge in [0.25, 0.3) is 0 Å². The van der Waals surface area contributed by atoms with Crippen molar-refractivity contribution in [2.45, 2.75) is 18.7 Å². The minimum atomic E-state index is -0.370. The van der Waals surface area contributed by atoms with Crippen LogP contribution >= 0.6 is 22.9 Å². The number of hydrogen-bond acceptors (Lipinski definition) is 2. The van der Waals surface area contributed by atoms with Crippen LogP contribution in [0, 0.1) is 5.82 Å². The number of methoxy groups -OCH3 is 1. The first-order valence-corrected chi connectivity index (χ1v) is 7.02. The molecule has 1 atom stereocenters. The molecule has 1 nitrogen and oxygen atoms in total. The molecule has 0 aliphatic carbocycles. The van der Waals surface area contributed by atoms with E-state index in [0.29, 0.717) is 11.3 Å². The van der Waals surface area contributed by atoms with Crippen molar-refractivity contribution in [2.75, 3.05) is 7.11 Å². The monoisotopic (exact) mass is 284 g/mol. The molecule has 2 aromatic rings. The second kappa shape index (κ2) is 5.72. The summed E-state index contributed by atoms with van der Waals surface area (Å²) in [5.74, 6) is 0.318. The molecule has 0 radical (unpaired) electrons. The average Bonchev–Trinajstić information content (AvgIpc) is 2.86. The molecule has 1 heterocycles. The maximum Gasteiger partial charge on any atom is 0.124 e. The zero-order valence-corrected chi connectivity index (χ0v) is 11.8. The molecule has 4 heteroatoms. The van der Waals surface area contributed by atoms with E-state index >= 15 is 0 Å². The molecule has 96 valence electrons. The molecule has 1 unspecified atom stereocenters. The molecule has 0 amide bonds. The minimum Gasteiger partial charge on any atom is -0.496 e. The van der Waals surface area contributed by atoms with Gasteiger partial charge in [-0.1, -0.05) is 6.92 Å². The Labute approximate surface area is 115 Å². The molecular weight excluding hydrogens is 271 g/mol. The van der Waals surface area contributed by atoms with E-state index in [1.165, 1.54) is 17.7 Å². The number of halogens is 2. The number of aryl methyl sites for hydroxylation is 1. The Morgan fingerprint density at radius 3 is 2.83 bits per heavy atom. The summed E-state index contributed by atoms with van der Waals surface area (Å²) in [6, 6.07) is 6.48. The van der Waals surface area contributed by atoms with Crippen molar-refractivity contribution in [3.8, 4) is 5.75 Å². The van der Waals surface area contributed by atoms with Gasteiger partial charge in [0.15, 0.2) is 0 Å². The topological polar surface area (TPSA) is 9.23 Å². The van der Waals surface area contributed by atoms with Gasteiger partial charge in [0.05, 0.1) is 12.5 Å². The lowest BCUT2D eigenvalue weighted by Crippen LogP contribution is -1.99. The summed E-state index contributed by atoms with van der Waals surface area (Å²) in [6.07, 6.45) is 0.916. The van der Waals surface area contributed by atoms with Gasteiger partial charge in [0, 0.05) is 10.4 Å². The molecular formula is C14H14ClFOS. The average molecular weight is 285 g/mol. The van der Waals surface area contributed by atoms with Crippen LogP contribution in [0.15, 0.2) is 29.6 Å². The van der Waals surface area contributed by atoms with Crippen LogP contribution in [0.1, 0.15) is 28.3 Å². The molecule has 1 aromatic heterocycles. The van der Waals surface area contributed by atoms with Crippen LogP contribution in [0.4, 0.5) is 4.39 Å². The molecule has 0 aliphatic heterocycles. The lowest BCUT2D eigenvalue weighted by Gasteiger charge is -2.14. The first kappa shape index (κ1) is 13.4. The molecule has 0 aliphatic rings. The second-order valence-electron chi connectivity index (χ2n) is 3.91. The fraction of sp³-hybridized carbons (Fsp3) is 0.286. The Balaban J connectivity index is 2.45. The summed E-state index contributed by atoms with van der Waals surface area (Å²) < 4.78 is 18.6. The first-order chi connectivity index (χ1) is 8.67. The lowest BCUT2D eigenvalue weighted by atomic mass is 10.1. The maximum atomic E-state index is 13.4. The highest BCUT2D eigenvalue weighted by Crippen LogP contribution is 2.39. The second-order valence-corrected chi connectivity index (χ2v) is 5.30. The van der Waals surface area contributed by atoms with Crippen LogP contribution in [0.25, 0.3) is 0 Å². The van der Waals surface area contributed by atoms with Crippen molar-refractivity contribution in [3.63, 3.8) is 0 Å². The Morgan fingerprint density at radius 1 is 1.39 bits per heavy atom. The highest BCUT2D eigenvalue weighted by Gasteiger charge is 2.20.